The molecule has 9 nitrogen and oxygen atoms in total. The first-order chi connectivity index (χ1) is 19.7. The molecule has 41 heavy (non-hydrogen) atoms. The Balaban J connectivity index is 1.32. The molecule has 3 heterocycles. The smallest absolute Gasteiger partial charge is 0.238 e. The molecule has 1 aliphatic carbocycles. The predicted octanol–water partition coefficient (Wildman–Crippen LogP) is 5.59. The molecule has 2 atom stereocenters. The summed E-state index contributed by atoms with van der Waals surface area (Å²) in [5.41, 5.74) is 2.55. The summed E-state index contributed by atoms with van der Waals surface area (Å²) >= 11 is 0. The Hall–Kier alpha value is -3.83. The molecule has 2 aliphatic rings. The van der Waals surface area contributed by atoms with E-state index in [2.05, 4.69) is 30.3 Å². The number of pyridine rings is 1. The third kappa shape index (κ3) is 5.43. The van der Waals surface area contributed by atoms with Crippen LogP contribution < -0.4 is 20.1 Å². The second-order valence-corrected chi connectivity index (χ2v) is 13.3. The van der Waals surface area contributed by atoms with E-state index in [4.69, 9.17) is 4.74 Å². The molecule has 0 amide bonds. The number of benzene rings is 2. The second-order valence-electron chi connectivity index (χ2n) is 11.1. The minimum Gasteiger partial charge on any atom is -0.437 e. The largest absolute Gasteiger partial charge is 0.437 e. The topological polar surface area (TPSA) is 118 Å². The molecule has 0 bridgehead atoms. The van der Waals surface area contributed by atoms with E-state index < -0.39 is 20.9 Å². The van der Waals surface area contributed by atoms with Gasteiger partial charge < -0.3 is 15.4 Å². The van der Waals surface area contributed by atoms with Gasteiger partial charge in [-0.1, -0.05) is 30.7 Å². The number of ether oxygens (including phenoxy) is 1. The van der Waals surface area contributed by atoms with Gasteiger partial charge in [0, 0.05) is 48.7 Å². The van der Waals surface area contributed by atoms with Gasteiger partial charge in [-0.2, -0.15) is 0 Å². The molecule has 1 saturated carbocycles. The van der Waals surface area contributed by atoms with E-state index in [1.165, 1.54) is 0 Å². The Morgan fingerprint density at radius 1 is 1.05 bits per heavy atom. The Kier molecular flexibility index (Phi) is 7.25. The molecule has 2 fully saturated rings. The zero-order valence-corrected chi connectivity index (χ0v) is 23.8. The van der Waals surface area contributed by atoms with Crippen LogP contribution in [0.15, 0.2) is 60.9 Å². The van der Waals surface area contributed by atoms with Crippen LogP contribution in [0, 0.1) is 6.92 Å². The highest BCUT2D eigenvalue weighted by molar-refractivity contribution is 7.94. The van der Waals surface area contributed by atoms with Crippen LogP contribution in [0.4, 0.5) is 16.0 Å². The standard InChI is InChI=1S/C30H33FN6O3S/c1-19-15-26(37-41(38,39)30(2)11-6-12-30)22-7-3-4-8-23(22)27(19)40-28-24(9-5-13-33-28)25-10-14-34-29(36-25)35-21-16-20(31)17-32-18-21/h3-5,7-10,13-15,20-21,32,37H,6,11-12,16-18H2,1-2H3,(H,34,35,36). The lowest BCUT2D eigenvalue weighted by Crippen LogP contribution is -2.45. The number of piperidine rings is 1. The van der Waals surface area contributed by atoms with E-state index in [1.54, 1.807) is 31.5 Å². The Bertz CT molecular complexity index is 1700. The number of aromatic nitrogens is 3. The molecule has 0 spiro atoms. The number of hydrogen-bond donors (Lipinski definition) is 3. The van der Waals surface area contributed by atoms with E-state index in [0.29, 0.717) is 66.9 Å². The zero-order valence-electron chi connectivity index (χ0n) is 23.0. The van der Waals surface area contributed by atoms with Gasteiger partial charge >= 0.3 is 0 Å². The van der Waals surface area contributed by atoms with Gasteiger partial charge in [-0.05, 0) is 56.5 Å². The Labute approximate surface area is 239 Å². The number of fused-ring (bicyclic) bond motifs is 1. The molecule has 1 saturated heterocycles. The van der Waals surface area contributed by atoms with Crippen molar-refractivity contribution in [2.75, 3.05) is 23.1 Å². The molecule has 4 aromatic rings. The summed E-state index contributed by atoms with van der Waals surface area (Å²) in [6.07, 6.45) is 4.98. The van der Waals surface area contributed by atoms with Crippen molar-refractivity contribution in [3.05, 3.63) is 66.5 Å². The summed E-state index contributed by atoms with van der Waals surface area (Å²) in [4.78, 5) is 13.5. The van der Waals surface area contributed by atoms with Crippen molar-refractivity contribution in [3.8, 4) is 22.9 Å². The van der Waals surface area contributed by atoms with E-state index in [0.717, 1.165) is 22.8 Å². The summed E-state index contributed by atoms with van der Waals surface area (Å²) in [7, 11) is -3.56. The molecule has 11 heteroatoms. The maximum atomic E-state index is 13.9. The number of anilines is 2. The Morgan fingerprint density at radius 2 is 1.85 bits per heavy atom. The van der Waals surface area contributed by atoms with Crippen molar-refractivity contribution in [3.63, 3.8) is 0 Å². The number of halogens is 1. The first kappa shape index (κ1) is 27.3. The normalized spacial score (nSPS) is 20.3. The minimum atomic E-state index is -3.56. The molecular formula is C30H33FN6O3S. The lowest BCUT2D eigenvalue weighted by molar-refractivity contribution is 0.254. The van der Waals surface area contributed by atoms with Crippen molar-refractivity contribution in [1.82, 2.24) is 20.3 Å². The number of aryl methyl sites for hydroxylation is 1. The van der Waals surface area contributed by atoms with Gasteiger partial charge in [0.1, 0.15) is 11.9 Å². The molecule has 214 valence electrons. The maximum absolute atomic E-state index is 13.9. The second kappa shape index (κ2) is 10.9. The van der Waals surface area contributed by atoms with Gasteiger partial charge in [0.25, 0.3) is 0 Å². The highest BCUT2D eigenvalue weighted by Crippen LogP contribution is 2.43. The lowest BCUT2D eigenvalue weighted by atomic mass is 9.86. The van der Waals surface area contributed by atoms with Crippen molar-refractivity contribution in [1.29, 1.82) is 0 Å². The molecule has 2 unspecified atom stereocenters. The quantitative estimate of drug-likeness (QED) is 0.249. The third-order valence-electron chi connectivity index (χ3n) is 8.02. The fourth-order valence-corrected chi connectivity index (χ4v) is 6.97. The van der Waals surface area contributed by atoms with Crippen LogP contribution in [0.2, 0.25) is 0 Å². The van der Waals surface area contributed by atoms with Gasteiger partial charge in [0.2, 0.25) is 21.9 Å². The number of hydrogen-bond acceptors (Lipinski definition) is 8. The summed E-state index contributed by atoms with van der Waals surface area (Å²) in [6, 6.07) is 14.7. The maximum Gasteiger partial charge on any atom is 0.238 e. The van der Waals surface area contributed by atoms with E-state index in [-0.39, 0.29) is 6.04 Å². The average Bonchev–Trinajstić information content (AvgIpc) is 2.94. The van der Waals surface area contributed by atoms with Gasteiger partial charge in [-0.25, -0.2) is 27.8 Å². The highest BCUT2D eigenvalue weighted by Gasteiger charge is 2.44. The highest BCUT2D eigenvalue weighted by atomic mass is 32.2. The van der Waals surface area contributed by atoms with Crippen LogP contribution in [-0.4, -0.2) is 53.4 Å². The number of rotatable bonds is 8. The van der Waals surface area contributed by atoms with Crippen LogP contribution >= 0.6 is 0 Å². The zero-order chi connectivity index (χ0) is 28.6. The summed E-state index contributed by atoms with van der Waals surface area (Å²) in [5, 5.41) is 7.80. The van der Waals surface area contributed by atoms with Crippen LogP contribution in [0.1, 0.15) is 38.2 Å². The third-order valence-corrected chi connectivity index (χ3v) is 10.2. The number of nitrogens with zero attached hydrogens (tertiary/aromatic N) is 3. The fourth-order valence-electron chi connectivity index (χ4n) is 5.44. The van der Waals surface area contributed by atoms with Gasteiger partial charge in [0.05, 0.1) is 21.7 Å². The Morgan fingerprint density at radius 3 is 2.61 bits per heavy atom. The van der Waals surface area contributed by atoms with E-state index in [9.17, 15) is 12.8 Å². The molecule has 1 aliphatic heterocycles. The number of sulfonamides is 1. The van der Waals surface area contributed by atoms with Crippen molar-refractivity contribution in [2.45, 2.75) is 56.5 Å². The van der Waals surface area contributed by atoms with Crippen LogP contribution in [0.3, 0.4) is 0 Å². The van der Waals surface area contributed by atoms with Crippen LogP contribution in [-0.2, 0) is 10.0 Å². The molecule has 2 aromatic heterocycles. The predicted molar refractivity (Wildman–Crippen MR) is 159 cm³/mol. The van der Waals surface area contributed by atoms with E-state index >= 15 is 0 Å². The molecular weight excluding hydrogens is 543 g/mol. The monoisotopic (exact) mass is 576 g/mol. The molecule has 0 radical (unpaired) electrons. The molecule has 3 N–H and O–H groups in total. The van der Waals surface area contributed by atoms with Crippen molar-refractivity contribution < 1.29 is 17.5 Å². The minimum absolute atomic E-state index is 0.115. The average molecular weight is 577 g/mol. The number of nitrogens with one attached hydrogen (secondary N) is 3. The molecule has 2 aromatic carbocycles. The van der Waals surface area contributed by atoms with Crippen LogP contribution in [0.25, 0.3) is 22.0 Å². The van der Waals surface area contributed by atoms with Crippen LogP contribution in [0.5, 0.6) is 11.6 Å². The lowest BCUT2D eigenvalue weighted by Gasteiger charge is -2.37. The first-order valence-electron chi connectivity index (χ1n) is 13.8. The number of alkyl halides is 1. The summed E-state index contributed by atoms with van der Waals surface area (Å²) < 4.78 is 48.9. The van der Waals surface area contributed by atoms with Gasteiger partial charge in [-0.15, -0.1) is 0 Å². The van der Waals surface area contributed by atoms with E-state index in [1.807, 2.05) is 43.3 Å². The molecule has 6 rings (SSSR count). The SMILES string of the molecule is Cc1cc(NS(=O)(=O)C2(C)CCC2)c2ccccc2c1Oc1ncccc1-c1ccnc(NC2CNCC(F)C2)n1. The van der Waals surface area contributed by atoms with Gasteiger partial charge in [-0.3, -0.25) is 4.72 Å². The summed E-state index contributed by atoms with van der Waals surface area (Å²) in [5.74, 6) is 1.33. The van der Waals surface area contributed by atoms with Crippen molar-refractivity contribution in [2.24, 2.45) is 0 Å². The first-order valence-corrected chi connectivity index (χ1v) is 15.3. The van der Waals surface area contributed by atoms with Gasteiger partial charge in [0.15, 0.2) is 0 Å². The van der Waals surface area contributed by atoms with Crippen molar-refractivity contribution >= 4 is 32.4 Å². The summed E-state index contributed by atoms with van der Waals surface area (Å²) in [6.45, 7) is 4.67. The fraction of sp³-hybridized carbons (Fsp3) is 0.367.